The molecule has 0 aliphatic carbocycles. The zero-order valence-electron chi connectivity index (χ0n) is 47.8. The van der Waals surface area contributed by atoms with E-state index in [9.17, 15) is 38.4 Å². The number of nitrogens with zero attached hydrogens (tertiary/aromatic N) is 9. The Bertz CT molecular complexity index is 3450. The second-order valence-corrected chi connectivity index (χ2v) is 22.3. The molecule has 84 heavy (non-hydrogen) atoms. The van der Waals surface area contributed by atoms with Crippen molar-refractivity contribution in [1.29, 1.82) is 5.26 Å². The van der Waals surface area contributed by atoms with Gasteiger partial charge in [0.2, 0.25) is 5.91 Å². The number of thioether (sulfide) groups is 1. The first-order valence-electron chi connectivity index (χ1n) is 25.4. The van der Waals surface area contributed by atoms with Crippen molar-refractivity contribution in [3.8, 4) is 34.2 Å². The van der Waals surface area contributed by atoms with Gasteiger partial charge < -0.3 is 44.2 Å². The largest absolute Gasteiger partial charge is 0.497 e. The number of halogens is 1. The second kappa shape index (κ2) is 27.8. The highest BCUT2D eigenvalue weighted by atomic mass is 32.2. The lowest BCUT2D eigenvalue weighted by molar-refractivity contribution is -0.689. The van der Waals surface area contributed by atoms with Crippen LogP contribution in [-0.4, -0.2) is 127 Å². The lowest BCUT2D eigenvalue weighted by atomic mass is 10.0. The van der Waals surface area contributed by atoms with Gasteiger partial charge in [0.15, 0.2) is 30.8 Å². The molecule has 2 N–H and O–H groups in total. The molecule has 4 amide bonds. The molecular formula is C57H62FN11O14S. The van der Waals surface area contributed by atoms with E-state index in [0.29, 0.717) is 33.6 Å². The van der Waals surface area contributed by atoms with Gasteiger partial charge >= 0.3 is 24.1 Å². The number of nitrogens with one attached hydrogen (secondary N) is 2. The van der Waals surface area contributed by atoms with Gasteiger partial charge in [0.1, 0.15) is 59.1 Å². The van der Waals surface area contributed by atoms with Crippen LogP contribution in [0.4, 0.5) is 14.3 Å². The number of ether oxygens (including phenoxy) is 5. The third kappa shape index (κ3) is 17.1. The Labute approximate surface area is 486 Å². The normalized spacial score (nSPS) is 14.7. The highest BCUT2D eigenvalue weighted by Gasteiger charge is 2.55. The molecule has 1 saturated heterocycles. The monoisotopic (exact) mass is 1180 g/mol. The number of aromatic nitrogens is 4. The van der Waals surface area contributed by atoms with Gasteiger partial charge in [-0.1, -0.05) is 17.3 Å². The van der Waals surface area contributed by atoms with Gasteiger partial charge in [0.05, 0.1) is 19.2 Å². The number of rotatable bonds is 15. The van der Waals surface area contributed by atoms with Crippen molar-refractivity contribution in [2.24, 2.45) is 10.1 Å². The number of aliphatic imine (C=N–C) groups is 1. The highest BCUT2D eigenvalue weighted by Crippen LogP contribution is 2.41. The number of benzene rings is 1. The van der Waals surface area contributed by atoms with Crippen molar-refractivity contribution in [3.63, 3.8) is 0 Å². The second-order valence-electron chi connectivity index (χ2n) is 21.2. The summed E-state index contributed by atoms with van der Waals surface area (Å²) in [4.78, 5) is 117. The molecule has 2 unspecified atom stereocenters. The van der Waals surface area contributed by atoms with Crippen LogP contribution < -0.4 is 19.9 Å². The van der Waals surface area contributed by atoms with E-state index in [-0.39, 0.29) is 46.4 Å². The van der Waals surface area contributed by atoms with Gasteiger partial charge in [-0.25, -0.2) is 28.1 Å². The van der Waals surface area contributed by atoms with Gasteiger partial charge in [-0.15, -0.1) is 17.8 Å². The van der Waals surface area contributed by atoms with E-state index in [1.165, 1.54) is 61.4 Å². The predicted molar refractivity (Wildman–Crippen MR) is 301 cm³/mol. The van der Waals surface area contributed by atoms with Crippen molar-refractivity contribution < 1.29 is 76.1 Å². The van der Waals surface area contributed by atoms with Crippen LogP contribution in [0, 0.1) is 11.5 Å². The number of carbonyl (C=O) groups excluding carboxylic acids is 8. The number of nitriles is 1. The van der Waals surface area contributed by atoms with Crippen molar-refractivity contribution in [2.45, 2.75) is 110 Å². The van der Waals surface area contributed by atoms with Crippen molar-refractivity contribution in [3.05, 3.63) is 131 Å². The molecule has 2 aliphatic rings. The molecule has 4 aromatic heterocycles. The van der Waals surface area contributed by atoms with Gasteiger partial charge in [-0.05, 0) is 115 Å². The number of esters is 2. The average molecular weight is 1180 g/mol. The lowest BCUT2D eigenvalue weighted by Crippen LogP contribution is -2.71. The van der Waals surface area contributed by atoms with Gasteiger partial charge in [0, 0.05) is 59.4 Å². The van der Waals surface area contributed by atoms with E-state index in [2.05, 4.69) is 20.4 Å². The Morgan fingerprint density at radius 2 is 1.36 bits per heavy atom. The van der Waals surface area contributed by atoms with E-state index in [4.69, 9.17) is 39.2 Å². The summed E-state index contributed by atoms with van der Waals surface area (Å²) in [5.41, 5.74) is 0.942. The molecule has 27 heteroatoms. The molecule has 25 nitrogen and oxygen atoms in total. The van der Waals surface area contributed by atoms with Crippen LogP contribution in [0.5, 0.6) is 5.75 Å². The molecule has 2 atom stereocenters. The molecular weight excluding hydrogens is 1110 g/mol. The van der Waals surface area contributed by atoms with E-state index in [1.807, 2.05) is 5.32 Å². The third-order valence-corrected chi connectivity index (χ3v) is 12.8. The van der Waals surface area contributed by atoms with E-state index >= 15 is 0 Å². The zero-order valence-corrected chi connectivity index (χ0v) is 48.6. The summed E-state index contributed by atoms with van der Waals surface area (Å²) in [7, 11) is 2.75. The summed E-state index contributed by atoms with van der Waals surface area (Å²) in [6.07, 6.45) is 9.08. The maximum Gasteiger partial charge on any atom is 0.419 e. The Morgan fingerprint density at radius 3 is 1.89 bits per heavy atom. The molecule has 0 bridgehead atoms. The van der Waals surface area contributed by atoms with E-state index in [1.54, 1.807) is 146 Å². The van der Waals surface area contributed by atoms with E-state index < -0.39 is 82.4 Å². The molecule has 0 radical (unpaired) electrons. The number of hydrogen-bond acceptors (Lipinski definition) is 18. The highest BCUT2D eigenvalue weighted by molar-refractivity contribution is 8.00. The van der Waals surface area contributed by atoms with Crippen molar-refractivity contribution in [2.75, 3.05) is 20.0 Å². The first-order valence-corrected chi connectivity index (χ1v) is 26.4. The average Bonchev–Trinajstić information content (AvgIpc) is 4.06. The number of amides is 4. The Balaban J connectivity index is 0.000000449. The number of oxime groups is 1. The fourth-order valence-electron chi connectivity index (χ4n) is 7.98. The first-order chi connectivity index (χ1) is 39.1. The molecule has 7 rings (SSSR count). The minimum Gasteiger partial charge on any atom is -0.497 e. The molecule has 0 spiro atoms. The van der Waals surface area contributed by atoms with Gasteiger partial charge in [-0.2, -0.15) is 5.26 Å². The summed E-state index contributed by atoms with van der Waals surface area (Å²) in [5.74, 6) is -3.56. The predicted octanol–water partition coefficient (Wildman–Crippen LogP) is 6.95. The first kappa shape index (κ1) is 65.0. The maximum absolute atomic E-state index is 13.9. The Hall–Kier alpha value is -9.80. The van der Waals surface area contributed by atoms with Crippen LogP contribution in [-0.2, 0) is 56.1 Å². The quantitative estimate of drug-likeness (QED) is 0.0157. The van der Waals surface area contributed by atoms with Crippen molar-refractivity contribution in [1.82, 2.24) is 29.7 Å². The molecule has 1 fully saturated rings. The van der Waals surface area contributed by atoms with Crippen LogP contribution in [0.25, 0.3) is 27.7 Å². The smallest absolute Gasteiger partial charge is 0.419 e. The third-order valence-electron chi connectivity index (χ3n) is 11.5. The molecule has 2 aliphatic heterocycles. The van der Waals surface area contributed by atoms with Crippen LogP contribution in [0.3, 0.4) is 0 Å². The maximum atomic E-state index is 13.9. The molecule has 442 valence electrons. The minimum atomic E-state index is -1.06. The minimum absolute atomic E-state index is 0. The topological polar surface area (TPSA) is 317 Å². The van der Waals surface area contributed by atoms with Crippen LogP contribution in [0.2, 0.25) is 0 Å². The fraction of sp³-hybridized carbons (Fsp3) is 0.351. The lowest BCUT2D eigenvalue weighted by Gasteiger charge is -2.49. The number of methoxy groups -OCH3 is 1. The Morgan fingerprint density at radius 1 is 0.798 bits per heavy atom. The SMILES string of the molecule is CC(C)(C)OC(=O)n1cc(-c2ccncc2)cc1C(=O)NC#N.CO/N=C(\CC(=O)OC(C)(C)C)C(=O)NC1C(=O)N2C(C(=O)OCc3ccc(OC)cc3)=C(C[n+]3ccc(-c4cc(C(=O)N=C=[N-])n(C(=O)OC(C)(C)C)c4)cc3)CSC12.F. The summed E-state index contributed by atoms with van der Waals surface area (Å²) in [5, 5.41) is 25.3. The fourth-order valence-corrected chi connectivity index (χ4v) is 9.31. The molecule has 1 aromatic carbocycles. The number of β-lactam (4-membered cyclic amide) rings is 1. The Kier molecular flexibility index (Phi) is 21.5. The van der Waals surface area contributed by atoms with Crippen molar-refractivity contribution >= 4 is 71.2 Å². The zero-order chi connectivity index (χ0) is 61.0. The standard InChI is InChI=1S/C41H45N7O11S.C16H16N4O3.FH/c1-40(2,3)58-31(49)18-29(45-56-8)34(50)44-32-36(52)48-33(38(53)57-21-24-9-11-28(55-7)12-10-24)27(22-60-37(32)48)19-46-15-13-25(14-16-46)26-17-30(35(51)43-23-42)47(20-26)39(54)59-41(4,5)6;1-16(2,3)23-15(22)20-9-12(11-4-6-18-7-5-11)8-13(20)14(21)19-10-17;/h9-17,20,32,37H,18-19,21-22H2,1-8H3,(H,44,50);4-9H,1-3H3,(H,19,21);1H/b45-29+;;. The van der Waals surface area contributed by atoms with E-state index in [0.717, 1.165) is 14.7 Å². The van der Waals surface area contributed by atoms with Crippen LogP contribution >= 0.6 is 11.8 Å². The van der Waals surface area contributed by atoms with Gasteiger partial charge in [0.25, 0.3) is 17.7 Å². The summed E-state index contributed by atoms with van der Waals surface area (Å²) in [6, 6.07) is 17.2. The van der Waals surface area contributed by atoms with Gasteiger partial charge in [-0.3, -0.25) is 43.9 Å². The summed E-state index contributed by atoms with van der Waals surface area (Å²) in [6.45, 7) is 15.3. The molecule has 0 saturated carbocycles. The summed E-state index contributed by atoms with van der Waals surface area (Å²) >= 11 is 1.32. The van der Waals surface area contributed by atoms with Crippen LogP contribution in [0.1, 0.15) is 95.3 Å². The van der Waals surface area contributed by atoms with Crippen LogP contribution in [0.15, 0.2) is 119 Å². The summed E-state index contributed by atoms with van der Waals surface area (Å²) < 4.78 is 30.9. The number of hydrogen-bond donors (Lipinski definition) is 2. The molecule has 6 heterocycles. The number of carbonyl (C=O) groups is 8. The molecule has 5 aromatic rings. The number of pyridine rings is 2. The number of fused-ring (bicyclic) bond motifs is 1.